The maximum atomic E-state index is 5.93. The number of nitrogens with two attached hydrogens (primary N) is 1. The third-order valence-electron chi connectivity index (χ3n) is 3.93. The van der Waals surface area contributed by atoms with Crippen molar-refractivity contribution in [3.63, 3.8) is 0 Å². The number of nitrogens with zero attached hydrogens (tertiary/aromatic N) is 1. The fraction of sp³-hybridized carbons (Fsp3) is 0.562. The standard InChI is InChI=1S/C16H26N2S/c1-12(16(2,3)4)18(5)11-14(15(17)19)13-9-7-6-8-10-13/h6-10,12,14H,11H2,1-5H3,(H2,17,19). The molecule has 1 rings (SSSR count). The molecule has 0 saturated carbocycles. The van der Waals surface area contributed by atoms with Gasteiger partial charge in [0.2, 0.25) is 0 Å². The quantitative estimate of drug-likeness (QED) is 0.837. The highest BCUT2D eigenvalue weighted by Gasteiger charge is 2.26. The summed E-state index contributed by atoms with van der Waals surface area (Å²) in [6, 6.07) is 10.7. The van der Waals surface area contributed by atoms with Crippen LogP contribution >= 0.6 is 12.2 Å². The van der Waals surface area contributed by atoms with E-state index in [4.69, 9.17) is 18.0 Å². The van der Waals surface area contributed by atoms with Crippen LogP contribution in [0.1, 0.15) is 39.2 Å². The third-order valence-corrected chi connectivity index (χ3v) is 4.21. The van der Waals surface area contributed by atoms with Crippen LogP contribution in [0.4, 0.5) is 0 Å². The summed E-state index contributed by atoms with van der Waals surface area (Å²) in [6.07, 6.45) is 0. The Labute approximate surface area is 123 Å². The summed E-state index contributed by atoms with van der Waals surface area (Å²) in [5, 5.41) is 0. The lowest BCUT2D eigenvalue weighted by Crippen LogP contribution is -2.43. The van der Waals surface area contributed by atoms with Gasteiger partial charge in [-0.2, -0.15) is 0 Å². The lowest BCUT2D eigenvalue weighted by molar-refractivity contribution is 0.140. The Morgan fingerprint density at radius 2 is 1.79 bits per heavy atom. The van der Waals surface area contributed by atoms with Crippen LogP contribution in [0.25, 0.3) is 0 Å². The van der Waals surface area contributed by atoms with Crippen LogP contribution in [0.15, 0.2) is 30.3 Å². The molecule has 2 nitrogen and oxygen atoms in total. The van der Waals surface area contributed by atoms with Crippen LogP contribution in [-0.2, 0) is 0 Å². The average Bonchev–Trinajstić information content (AvgIpc) is 2.34. The number of likely N-dealkylation sites (N-methyl/N-ethyl adjacent to an activating group) is 1. The van der Waals surface area contributed by atoms with Gasteiger partial charge in [0.15, 0.2) is 0 Å². The van der Waals surface area contributed by atoms with Gasteiger partial charge in [0.1, 0.15) is 0 Å². The minimum atomic E-state index is 0.117. The first-order valence-electron chi connectivity index (χ1n) is 6.78. The third kappa shape index (κ3) is 4.59. The minimum Gasteiger partial charge on any atom is -0.393 e. The van der Waals surface area contributed by atoms with Crippen LogP contribution in [0.5, 0.6) is 0 Å². The molecule has 0 aromatic heterocycles. The van der Waals surface area contributed by atoms with Crippen LogP contribution in [-0.4, -0.2) is 29.5 Å². The monoisotopic (exact) mass is 278 g/mol. The van der Waals surface area contributed by atoms with Gasteiger partial charge in [0.25, 0.3) is 0 Å². The molecule has 0 bridgehead atoms. The molecule has 0 radical (unpaired) electrons. The first-order chi connectivity index (χ1) is 8.73. The zero-order chi connectivity index (χ0) is 14.6. The Morgan fingerprint density at radius 1 is 1.26 bits per heavy atom. The largest absolute Gasteiger partial charge is 0.393 e. The van der Waals surface area contributed by atoms with Crippen LogP contribution in [0.2, 0.25) is 0 Å². The van der Waals surface area contributed by atoms with Crippen molar-refractivity contribution in [2.24, 2.45) is 11.1 Å². The van der Waals surface area contributed by atoms with Gasteiger partial charge >= 0.3 is 0 Å². The number of benzene rings is 1. The van der Waals surface area contributed by atoms with E-state index in [1.165, 1.54) is 5.56 Å². The van der Waals surface area contributed by atoms with Crippen molar-refractivity contribution in [1.29, 1.82) is 0 Å². The summed E-state index contributed by atoms with van der Waals surface area (Å²) in [5.41, 5.74) is 7.37. The molecule has 0 amide bonds. The molecule has 0 aliphatic rings. The summed E-state index contributed by atoms with van der Waals surface area (Å²) in [4.78, 5) is 2.91. The van der Waals surface area contributed by atoms with E-state index in [-0.39, 0.29) is 11.3 Å². The fourth-order valence-electron chi connectivity index (χ4n) is 2.15. The van der Waals surface area contributed by atoms with Gasteiger partial charge in [0.05, 0.1) is 4.99 Å². The number of rotatable bonds is 5. The molecule has 2 atom stereocenters. The molecule has 1 aromatic rings. The molecule has 0 heterocycles. The summed E-state index contributed by atoms with van der Waals surface area (Å²) in [7, 11) is 2.14. The van der Waals surface area contributed by atoms with Gasteiger partial charge in [-0.1, -0.05) is 63.3 Å². The fourth-order valence-corrected chi connectivity index (χ4v) is 2.36. The number of hydrogen-bond acceptors (Lipinski definition) is 2. The zero-order valence-electron chi connectivity index (χ0n) is 12.7. The van der Waals surface area contributed by atoms with E-state index in [1.807, 2.05) is 18.2 Å². The van der Waals surface area contributed by atoms with Crippen molar-refractivity contribution >= 4 is 17.2 Å². The maximum Gasteiger partial charge on any atom is 0.0816 e. The molecule has 3 heteroatoms. The highest BCUT2D eigenvalue weighted by Crippen LogP contribution is 2.25. The molecule has 2 unspecified atom stereocenters. The first-order valence-corrected chi connectivity index (χ1v) is 7.18. The normalized spacial score (nSPS) is 15.3. The van der Waals surface area contributed by atoms with E-state index in [1.54, 1.807) is 0 Å². The lowest BCUT2D eigenvalue weighted by atomic mass is 9.86. The Morgan fingerprint density at radius 3 is 2.21 bits per heavy atom. The van der Waals surface area contributed by atoms with E-state index in [9.17, 15) is 0 Å². The maximum absolute atomic E-state index is 5.93. The van der Waals surface area contributed by atoms with Crippen LogP contribution in [0, 0.1) is 5.41 Å². The van der Waals surface area contributed by atoms with Crippen molar-refractivity contribution in [3.05, 3.63) is 35.9 Å². The molecule has 0 aliphatic carbocycles. The van der Waals surface area contributed by atoms with E-state index in [0.717, 1.165) is 6.54 Å². The second-order valence-electron chi connectivity index (χ2n) is 6.35. The highest BCUT2D eigenvalue weighted by atomic mass is 32.1. The SMILES string of the molecule is CC(N(C)CC(C(N)=S)c1ccccc1)C(C)(C)C. The van der Waals surface area contributed by atoms with Gasteiger partial charge in [-0.15, -0.1) is 0 Å². The average molecular weight is 278 g/mol. The summed E-state index contributed by atoms with van der Waals surface area (Å²) in [6.45, 7) is 9.88. The lowest BCUT2D eigenvalue weighted by Gasteiger charge is -2.37. The van der Waals surface area contributed by atoms with Crippen molar-refractivity contribution in [2.75, 3.05) is 13.6 Å². The van der Waals surface area contributed by atoms with Crippen molar-refractivity contribution in [3.8, 4) is 0 Å². The van der Waals surface area contributed by atoms with E-state index in [0.29, 0.717) is 11.0 Å². The Hall–Kier alpha value is -0.930. The van der Waals surface area contributed by atoms with Gasteiger partial charge in [-0.05, 0) is 24.9 Å². The second-order valence-corrected chi connectivity index (χ2v) is 6.82. The molecule has 0 saturated heterocycles. The molecule has 0 spiro atoms. The molecule has 19 heavy (non-hydrogen) atoms. The number of thiocarbonyl (C=S) groups is 1. The molecule has 106 valence electrons. The molecule has 1 aromatic carbocycles. The van der Waals surface area contributed by atoms with E-state index >= 15 is 0 Å². The molecular weight excluding hydrogens is 252 g/mol. The van der Waals surface area contributed by atoms with E-state index < -0.39 is 0 Å². The topological polar surface area (TPSA) is 29.3 Å². The van der Waals surface area contributed by atoms with Gasteiger partial charge in [-0.3, -0.25) is 0 Å². The van der Waals surface area contributed by atoms with Gasteiger partial charge in [-0.25, -0.2) is 0 Å². The van der Waals surface area contributed by atoms with Crippen molar-refractivity contribution in [1.82, 2.24) is 4.90 Å². The second kappa shape index (κ2) is 6.49. The highest BCUT2D eigenvalue weighted by molar-refractivity contribution is 7.80. The molecule has 0 aliphatic heterocycles. The van der Waals surface area contributed by atoms with Crippen molar-refractivity contribution in [2.45, 2.75) is 39.7 Å². The molecule has 2 N–H and O–H groups in total. The Balaban J connectivity index is 2.84. The van der Waals surface area contributed by atoms with Crippen molar-refractivity contribution < 1.29 is 0 Å². The Kier molecular flexibility index (Phi) is 5.50. The van der Waals surface area contributed by atoms with Crippen LogP contribution < -0.4 is 5.73 Å². The Bertz CT molecular complexity index is 409. The van der Waals surface area contributed by atoms with E-state index in [2.05, 4.69) is 51.8 Å². The summed E-state index contributed by atoms with van der Waals surface area (Å²) in [5.74, 6) is 0.117. The first kappa shape index (κ1) is 16.1. The predicted molar refractivity (Wildman–Crippen MR) is 87.5 cm³/mol. The minimum absolute atomic E-state index is 0.117. The summed E-state index contributed by atoms with van der Waals surface area (Å²) < 4.78 is 0. The zero-order valence-corrected chi connectivity index (χ0v) is 13.5. The predicted octanol–water partition coefficient (Wildman–Crippen LogP) is 3.42. The molecule has 0 fully saturated rings. The molecular formula is C16H26N2S. The summed E-state index contributed by atoms with van der Waals surface area (Å²) >= 11 is 5.25. The van der Waals surface area contributed by atoms with Gasteiger partial charge < -0.3 is 10.6 Å². The smallest absolute Gasteiger partial charge is 0.0816 e. The van der Waals surface area contributed by atoms with Crippen LogP contribution in [0.3, 0.4) is 0 Å². The number of hydrogen-bond donors (Lipinski definition) is 1. The van der Waals surface area contributed by atoms with Gasteiger partial charge in [0, 0.05) is 18.5 Å².